The van der Waals surface area contributed by atoms with Crippen molar-refractivity contribution in [3.8, 4) is 0 Å². The first-order valence-corrected chi connectivity index (χ1v) is 8.56. The monoisotopic (exact) mass is 286 g/mol. The molecule has 2 heteroatoms. The lowest BCUT2D eigenvalue weighted by Gasteiger charge is -2.42. The molecule has 116 valence electrons. The smallest absolute Gasteiger partial charge is 0.0327 e. The van der Waals surface area contributed by atoms with Crippen LogP contribution in [0.5, 0.6) is 0 Å². The van der Waals surface area contributed by atoms with Gasteiger partial charge < -0.3 is 10.2 Å². The van der Waals surface area contributed by atoms with E-state index in [0.29, 0.717) is 5.54 Å². The predicted molar refractivity (Wildman–Crippen MR) is 89.8 cm³/mol. The largest absolute Gasteiger partial charge is 0.312 e. The molecule has 2 aliphatic rings. The molecule has 0 heterocycles. The second-order valence-electron chi connectivity index (χ2n) is 7.49. The number of hydrogen-bond donors (Lipinski definition) is 1. The van der Waals surface area contributed by atoms with E-state index in [4.69, 9.17) is 0 Å². The Balaban J connectivity index is 1.49. The van der Waals surface area contributed by atoms with E-state index in [-0.39, 0.29) is 0 Å². The van der Waals surface area contributed by atoms with Gasteiger partial charge in [-0.05, 0) is 58.2 Å². The van der Waals surface area contributed by atoms with Gasteiger partial charge in [-0.25, -0.2) is 0 Å². The number of hydrogen-bond acceptors (Lipinski definition) is 2. The third-order valence-electron chi connectivity index (χ3n) is 5.85. The zero-order chi connectivity index (χ0) is 14.9. The Morgan fingerprint density at radius 3 is 2.52 bits per heavy atom. The van der Waals surface area contributed by atoms with Crippen molar-refractivity contribution in [1.29, 1.82) is 0 Å². The Labute approximate surface area is 129 Å². The second kappa shape index (κ2) is 6.10. The summed E-state index contributed by atoms with van der Waals surface area (Å²) in [5.74, 6) is 0.779. The quantitative estimate of drug-likeness (QED) is 0.888. The van der Waals surface area contributed by atoms with Crippen molar-refractivity contribution in [3.05, 3.63) is 35.4 Å². The van der Waals surface area contributed by atoms with Gasteiger partial charge in [0.25, 0.3) is 0 Å². The molecule has 2 aliphatic carbocycles. The first kappa shape index (κ1) is 15.1. The molecule has 0 bridgehead atoms. The molecular formula is C19H30N2. The molecule has 0 radical (unpaired) electrons. The molecule has 2 saturated carbocycles. The highest BCUT2D eigenvalue weighted by Crippen LogP contribution is 2.38. The van der Waals surface area contributed by atoms with Crippen LogP contribution in [0, 0.1) is 6.92 Å². The van der Waals surface area contributed by atoms with Gasteiger partial charge in [0.2, 0.25) is 0 Å². The van der Waals surface area contributed by atoms with Crippen molar-refractivity contribution >= 4 is 0 Å². The van der Waals surface area contributed by atoms with Gasteiger partial charge in [0.15, 0.2) is 0 Å². The summed E-state index contributed by atoms with van der Waals surface area (Å²) in [6.07, 6.45) is 8.15. The number of rotatable bonds is 5. The lowest BCUT2D eigenvalue weighted by Crippen LogP contribution is -2.53. The summed E-state index contributed by atoms with van der Waals surface area (Å²) in [6.45, 7) is 3.37. The number of nitrogens with zero attached hydrogens (tertiary/aromatic N) is 1. The zero-order valence-electron chi connectivity index (χ0n) is 13.9. The van der Waals surface area contributed by atoms with E-state index in [1.54, 1.807) is 0 Å². The van der Waals surface area contributed by atoms with Gasteiger partial charge in [0.05, 0.1) is 0 Å². The van der Waals surface area contributed by atoms with E-state index in [0.717, 1.165) is 12.0 Å². The van der Waals surface area contributed by atoms with Crippen molar-refractivity contribution in [3.63, 3.8) is 0 Å². The summed E-state index contributed by atoms with van der Waals surface area (Å²) in [5, 5.41) is 3.86. The summed E-state index contributed by atoms with van der Waals surface area (Å²) >= 11 is 0. The van der Waals surface area contributed by atoms with Gasteiger partial charge in [-0.15, -0.1) is 0 Å². The minimum atomic E-state index is 0.425. The molecule has 0 amide bonds. The second-order valence-corrected chi connectivity index (χ2v) is 7.49. The van der Waals surface area contributed by atoms with E-state index >= 15 is 0 Å². The van der Waals surface area contributed by atoms with Crippen LogP contribution < -0.4 is 5.32 Å². The molecule has 1 aromatic rings. The zero-order valence-corrected chi connectivity index (χ0v) is 13.9. The van der Waals surface area contributed by atoms with E-state index in [2.05, 4.69) is 55.5 Å². The van der Waals surface area contributed by atoms with E-state index < -0.39 is 0 Å². The normalized spacial score (nSPS) is 27.8. The molecular weight excluding hydrogens is 256 g/mol. The molecule has 3 rings (SSSR count). The average Bonchev–Trinajstić information content (AvgIpc) is 2.87. The van der Waals surface area contributed by atoms with Gasteiger partial charge in [0, 0.05) is 18.1 Å². The lowest BCUT2D eigenvalue weighted by atomic mass is 9.75. The molecule has 2 nitrogen and oxygen atoms in total. The van der Waals surface area contributed by atoms with Crippen LogP contribution >= 0.6 is 0 Å². The van der Waals surface area contributed by atoms with Gasteiger partial charge in [-0.1, -0.05) is 42.7 Å². The summed E-state index contributed by atoms with van der Waals surface area (Å²) in [4.78, 5) is 2.46. The number of aryl methyl sites for hydroxylation is 1. The van der Waals surface area contributed by atoms with Crippen LogP contribution in [0.1, 0.15) is 55.6 Å². The van der Waals surface area contributed by atoms with Crippen LogP contribution in [0.3, 0.4) is 0 Å². The maximum Gasteiger partial charge on any atom is 0.0327 e. The predicted octanol–water partition coefficient (Wildman–Crippen LogP) is 3.71. The topological polar surface area (TPSA) is 15.3 Å². The molecule has 0 saturated heterocycles. The van der Waals surface area contributed by atoms with Gasteiger partial charge in [0.1, 0.15) is 0 Å². The molecule has 0 spiro atoms. The van der Waals surface area contributed by atoms with E-state index in [1.165, 1.54) is 56.2 Å². The molecule has 1 aromatic carbocycles. The summed E-state index contributed by atoms with van der Waals surface area (Å²) in [5.41, 5.74) is 3.35. The van der Waals surface area contributed by atoms with Crippen molar-refractivity contribution < 1.29 is 0 Å². The highest BCUT2D eigenvalue weighted by molar-refractivity contribution is 5.27. The van der Waals surface area contributed by atoms with Crippen LogP contribution in [-0.2, 0) is 0 Å². The van der Waals surface area contributed by atoms with Crippen molar-refractivity contribution in [2.75, 3.05) is 20.6 Å². The molecule has 0 aromatic heterocycles. The van der Waals surface area contributed by atoms with Crippen molar-refractivity contribution in [2.45, 2.75) is 62.9 Å². The van der Waals surface area contributed by atoms with Crippen LogP contribution in [0.15, 0.2) is 24.3 Å². The molecule has 21 heavy (non-hydrogen) atoms. The third-order valence-corrected chi connectivity index (χ3v) is 5.85. The van der Waals surface area contributed by atoms with Crippen LogP contribution in [0.2, 0.25) is 0 Å². The summed E-state index contributed by atoms with van der Waals surface area (Å²) in [7, 11) is 4.51. The standard InChI is InChI=1S/C19H30N2/c1-15-7-6-8-16(11-15)17-12-18(13-17)20-14-19(21(2)3)9-4-5-10-19/h6-8,11,17-18,20H,4-5,9-10,12-14H2,1-3H3. The maximum absolute atomic E-state index is 3.86. The number of nitrogens with one attached hydrogen (secondary N) is 1. The van der Waals surface area contributed by atoms with Crippen LogP contribution in [0.4, 0.5) is 0 Å². The minimum Gasteiger partial charge on any atom is -0.312 e. The average molecular weight is 286 g/mol. The molecule has 0 atom stereocenters. The van der Waals surface area contributed by atoms with Gasteiger partial charge >= 0.3 is 0 Å². The summed E-state index contributed by atoms with van der Waals surface area (Å²) in [6, 6.07) is 9.78. The third kappa shape index (κ3) is 3.17. The minimum absolute atomic E-state index is 0.425. The first-order chi connectivity index (χ1) is 10.1. The maximum atomic E-state index is 3.86. The van der Waals surface area contributed by atoms with Gasteiger partial charge in [-0.3, -0.25) is 0 Å². The fourth-order valence-corrected chi connectivity index (χ4v) is 4.13. The Bertz CT molecular complexity index is 468. The fraction of sp³-hybridized carbons (Fsp3) is 0.684. The Morgan fingerprint density at radius 2 is 1.90 bits per heavy atom. The van der Waals surface area contributed by atoms with Crippen molar-refractivity contribution in [2.24, 2.45) is 0 Å². The molecule has 2 fully saturated rings. The lowest BCUT2D eigenvalue weighted by molar-refractivity contribution is 0.138. The highest BCUT2D eigenvalue weighted by Gasteiger charge is 2.38. The SMILES string of the molecule is Cc1cccc(C2CC(NCC3(N(C)C)CCCC3)C2)c1. The van der Waals surface area contributed by atoms with Gasteiger partial charge in [-0.2, -0.15) is 0 Å². The molecule has 1 N–H and O–H groups in total. The Morgan fingerprint density at radius 1 is 1.19 bits per heavy atom. The van der Waals surface area contributed by atoms with Crippen LogP contribution in [-0.4, -0.2) is 37.1 Å². The van der Waals surface area contributed by atoms with E-state index in [9.17, 15) is 0 Å². The summed E-state index contributed by atoms with van der Waals surface area (Å²) < 4.78 is 0. The number of benzene rings is 1. The Hall–Kier alpha value is -0.860. The highest BCUT2D eigenvalue weighted by atomic mass is 15.2. The first-order valence-electron chi connectivity index (χ1n) is 8.56. The fourth-order valence-electron chi connectivity index (χ4n) is 4.13. The molecule has 0 aliphatic heterocycles. The van der Waals surface area contributed by atoms with Crippen LogP contribution in [0.25, 0.3) is 0 Å². The number of likely N-dealkylation sites (N-methyl/N-ethyl adjacent to an activating group) is 1. The Kier molecular flexibility index (Phi) is 4.37. The molecule has 0 unspecified atom stereocenters. The van der Waals surface area contributed by atoms with E-state index in [1.807, 2.05) is 0 Å². The van der Waals surface area contributed by atoms with Crippen molar-refractivity contribution in [1.82, 2.24) is 10.2 Å².